The summed E-state index contributed by atoms with van der Waals surface area (Å²) < 4.78 is 8.27. The molecule has 0 saturated heterocycles. The second-order valence-electron chi connectivity index (χ2n) is 4.72. The number of pyridine rings is 1. The highest BCUT2D eigenvalue weighted by Crippen LogP contribution is 2.39. The fourth-order valence-electron chi connectivity index (χ4n) is 2.42. The van der Waals surface area contributed by atoms with Gasteiger partial charge < -0.3 is 9.30 Å². The van der Waals surface area contributed by atoms with Crippen LogP contribution in [-0.2, 0) is 0 Å². The number of rotatable bonds is 2. The summed E-state index contributed by atoms with van der Waals surface area (Å²) in [4.78, 5) is 12.2. The summed E-state index contributed by atoms with van der Waals surface area (Å²) in [6, 6.07) is 5.96. The van der Waals surface area contributed by atoms with Crippen molar-refractivity contribution in [3.63, 3.8) is 0 Å². The Bertz CT molecular complexity index is 686. The Hall–Kier alpha value is -1.29. The first-order chi connectivity index (χ1) is 8.63. The zero-order valence-corrected chi connectivity index (χ0v) is 12.0. The minimum Gasteiger partial charge on any atom is -0.496 e. The molecule has 0 amide bonds. The van der Waals surface area contributed by atoms with Crippen molar-refractivity contribution >= 4 is 26.8 Å². The lowest BCUT2D eigenvalue weighted by molar-refractivity contribution is 0.418. The number of fused-ring (bicyclic) bond motifs is 1. The fraction of sp³-hybridized carbons (Fsp3) is 0.357. The van der Waals surface area contributed by atoms with Crippen LogP contribution in [0, 0.1) is 6.92 Å². The van der Waals surface area contributed by atoms with E-state index in [1.54, 1.807) is 13.2 Å². The third-order valence-corrected chi connectivity index (χ3v) is 4.35. The molecule has 0 radical (unpaired) electrons. The zero-order valence-electron chi connectivity index (χ0n) is 10.4. The van der Waals surface area contributed by atoms with Gasteiger partial charge in [-0.1, -0.05) is 15.9 Å². The van der Waals surface area contributed by atoms with E-state index in [1.165, 1.54) is 0 Å². The van der Waals surface area contributed by atoms with Gasteiger partial charge in [0.1, 0.15) is 5.75 Å². The van der Waals surface area contributed by atoms with Crippen LogP contribution >= 0.6 is 15.9 Å². The van der Waals surface area contributed by atoms with Gasteiger partial charge in [0, 0.05) is 22.0 Å². The Morgan fingerprint density at radius 1 is 1.39 bits per heavy atom. The molecule has 18 heavy (non-hydrogen) atoms. The molecule has 1 fully saturated rings. The molecule has 0 N–H and O–H groups in total. The third-order valence-electron chi connectivity index (χ3n) is 3.50. The number of nitrogens with zero attached hydrogens (tertiary/aromatic N) is 1. The normalized spacial score (nSPS) is 15.1. The molecule has 0 aliphatic heterocycles. The van der Waals surface area contributed by atoms with E-state index < -0.39 is 0 Å². The second-order valence-corrected chi connectivity index (χ2v) is 5.58. The van der Waals surface area contributed by atoms with Crippen molar-refractivity contribution in [2.45, 2.75) is 25.8 Å². The molecule has 1 aliphatic carbocycles. The van der Waals surface area contributed by atoms with E-state index in [9.17, 15) is 4.79 Å². The lowest BCUT2D eigenvalue weighted by atomic mass is 10.1. The minimum atomic E-state index is 0.0306. The number of hydrogen-bond donors (Lipinski definition) is 0. The summed E-state index contributed by atoms with van der Waals surface area (Å²) in [6.07, 6.45) is 2.18. The van der Waals surface area contributed by atoms with Crippen LogP contribution in [0.1, 0.15) is 24.4 Å². The van der Waals surface area contributed by atoms with Crippen LogP contribution in [0.3, 0.4) is 0 Å². The van der Waals surface area contributed by atoms with Gasteiger partial charge in [-0.05, 0) is 37.5 Å². The van der Waals surface area contributed by atoms with Gasteiger partial charge in [0.15, 0.2) is 0 Å². The maximum Gasteiger partial charge on any atom is 0.255 e. The average Bonchev–Trinajstić information content (AvgIpc) is 3.17. The van der Waals surface area contributed by atoms with Gasteiger partial charge in [0.05, 0.1) is 12.6 Å². The van der Waals surface area contributed by atoms with Gasteiger partial charge in [0.25, 0.3) is 5.56 Å². The van der Waals surface area contributed by atoms with Crippen LogP contribution in [-0.4, -0.2) is 11.7 Å². The number of ether oxygens (including phenoxy) is 1. The van der Waals surface area contributed by atoms with E-state index in [-0.39, 0.29) is 5.56 Å². The minimum absolute atomic E-state index is 0.0306. The Morgan fingerprint density at radius 2 is 2.11 bits per heavy atom. The maximum absolute atomic E-state index is 12.2. The van der Waals surface area contributed by atoms with E-state index in [0.29, 0.717) is 11.8 Å². The fourth-order valence-corrected chi connectivity index (χ4v) is 2.74. The first kappa shape index (κ1) is 11.8. The van der Waals surface area contributed by atoms with Gasteiger partial charge in [-0.15, -0.1) is 0 Å². The highest BCUT2D eigenvalue weighted by atomic mass is 79.9. The lowest BCUT2D eigenvalue weighted by Crippen LogP contribution is -2.19. The SMILES string of the molecule is COc1cc(=O)n(C2CC2)c2c(C)c(Br)ccc12. The Morgan fingerprint density at radius 3 is 2.72 bits per heavy atom. The van der Waals surface area contributed by atoms with Crippen LogP contribution in [0.25, 0.3) is 10.9 Å². The van der Waals surface area contributed by atoms with Crippen LogP contribution < -0.4 is 10.3 Å². The highest BCUT2D eigenvalue weighted by molar-refractivity contribution is 9.10. The largest absolute Gasteiger partial charge is 0.496 e. The number of halogens is 1. The first-order valence-electron chi connectivity index (χ1n) is 6.02. The van der Waals surface area contributed by atoms with E-state index in [0.717, 1.165) is 33.8 Å². The molecule has 0 atom stereocenters. The van der Waals surface area contributed by atoms with Gasteiger partial charge >= 0.3 is 0 Å². The quantitative estimate of drug-likeness (QED) is 0.851. The van der Waals surface area contributed by atoms with Crippen LogP contribution in [0.2, 0.25) is 0 Å². The molecule has 94 valence electrons. The molecule has 1 heterocycles. The second kappa shape index (κ2) is 4.12. The maximum atomic E-state index is 12.2. The van der Waals surface area contributed by atoms with Crippen molar-refractivity contribution in [1.29, 1.82) is 0 Å². The number of benzene rings is 1. The summed E-state index contributed by atoms with van der Waals surface area (Å²) in [6.45, 7) is 2.03. The molecule has 1 aliphatic rings. The Kier molecular flexibility index (Phi) is 2.70. The summed E-state index contributed by atoms with van der Waals surface area (Å²) in [5.41, 5.74) is 2.12. The van der Waals surface area contributed by atoms with E-state index in [1.807, 2.05) is 23.6 Å². The number of hydrogen-bond acceptors (Lipinski definition) is 2. The molecule has 0 spiro atoms. The van der Waals surface area contributed by atoms with Gasteiger partial charge in [-0.2, -0.15) is 0 Å². The monoisotopic (exact) mass is 307 g/mol. The van der Waals surface area contributed by atoms with Crippen molar-refractivity contribution in [3.05, 3.63) is 38.6 Å². The third kappa shape index (κ3) is 1.67. The summed E-state index contributed by atoms with van der Waals surface area (Å²) in [5, 5.41) is 1.00. The molecular weight excluding hydrogens is 294 g/mol. The molecule has 4 heteroatoms. The van der Waals surface area contributed by atoms with Crippen molar-refractivity contribution in [2.24, 2.45) is 0 Å². The van der Waals surface area contributed by atoms with Crippen molar-refractivity contribution < 1.29 is 4.74 Å². The Balaban J connectivity index is 2.49. The topological polar surface area (TPSA) is 31.2 Å². The molecule has 1 aromatic heterocycles. The van der Waals surface area contributed by atoms with Gasteiger partial charge in [-0.25, -0.2) is 0 Å². The molecule has 3 rings (SSSR count). The smallest absolute Gasteiger partial charge is 0.255 e. The molecule has 0 bridgehead atoms. The molecule has 1 saturated carbocycles. The molecule has 0 unspecified atom stereocenters. The summed E-state index contributed by atoms with van der Waals surface area (Å²) in [5.74, 6) is 0.655. The lowest BCUT2D eigenvalue weighted by Gasteiger charge is -2.15. The molecular formula is C14H14BrNO2. The van der Waals surface area contributed by atoms with E-state index in [4.69, 9.17) is 4.74 Å². The zero-order chi connectivity index (χ0) is 12.9. The average molecular weight is 308 g/mol. The summed E-state index contributed by atoms with van der Waals surface area (Å²) in [7, 11) is 1.60. The van der Waals surface area contributed by atoms with Crippen LogP contribution in [0.5, 0.6) is 5.75 Å². The summed E-state index contributed by atoms with van der Waals surface area (Å²) >= 11 is 3.53. The molecule has 3 nitrogen and oxygen atoms in total. The number of aryl methyl sites for hydroxylation is 1. The van der Waals surface area contributed by atoms with Crippen LogP contribution in [0.15, 0.2) is 27.5 Å². The first-order valence-corrected chi connectivity index (χ1v) is 6.81. The highest BCUT2D eigenvalue weighted by Gasteiger charge is 2.27. The standard InChI is InChI=1S/C14H14BrNO2/c1-8-11(15)6-5-10-12(18-2)7-13(17)16(14(8)10)9-3-4-9/h5-7,9H,3-4H2,1-2H3. The molecule has 1 aromatic carbocycles. The van der Waals surface area contributed by atoms with Crippen molar-refractivity contribution in [1.82, 2.24) is 4.57 Å². The van der Waals surface area contributed by atoms with Crippen molar-refractivity contribution in [3.8, 4) is 5.75 Å². The van der Waals surface area contributed by atoms with Gasteiger partial charge in [-0.3, -0.25) is 4.79 Å². The number of aromatic nitrogens is 1. The molecule has 2 aromatic rings. The Labute approximate surface area is 114 Å². The van der Waals surface area contributed by atoms with E-state index in [2.05, 4.69) is 15.9 Å². The van der Waals surface area contributed by atoms with Gasteiger partial charge in [0.2, 0.25) is 0 Å². The van der Waals surface area contributed by atoms with Crippen LogP contribution in [0.4, 0.5) is 0 Å². The predicted molar refractivity (Wildman–Crippen MR) is 75.5 cm³/mol. The van der Waals surface area contributed by atoms with Crippen molar-refractivity contribution in [2.75, 3.05) is 7.11 Å². The predicted octanol–water partition coefficient (Wildman–Crippen LogP) is 3.42. The number of methoxy groups -OCH3 is 1. The van der Waals surface area contributed by atoms with E-state index >= 15 is 0 Å².